The van der Waals surface area contributed by atoms with Crippen LogP contribution >= 0.6 is 11.3 Å². The number of carboxylic acid groups (broad SMARTS) is 1. The molecule has 1 aromatic rings. The number of hydrogen-bond donors (Lipinski definition) is 1. The Labute approximate surface area is 92.6 Å². The maximum Gasteiger partial charge on any atom is 0.328 e. The predicted octanol–water partition coefficient (Wildman–Crippen LogP) is 1.75. The molecule has 0 amide bonds. The van der Waals surface area contributed by atoms with E-state index in [1.54, 1.807) is 6.20 Å². The zero-order valence-electron chi connectivity index (χ0n) is 8.43. The first-order valence-corrected chi connectivity index (χ1v) is 6.03. The molecule has 0 saturated carbocycles. The molecule has 5 heteroatoms. The summed E-state index contributed by atoms with van der Waals surface area (Å²) in [6.07, 6.45) is 5.06. The minimum atomic E-state index is -0.785. The summed E-state index contributed by atoms with van der Waals surface area (Å²) >= 11 is 1.42. The largest absolute Gasteiger partial charge is 0.480 e. The molecule has 1 N–H and O–H groups in total. The summed E-state index contributed by atoms with van der Waals surface area (Å²) in [5, 5.41) is 11.7. The van der Waals surface area contributed by atoms with Gasteiger partial charge < -0.3 is 5.11 Å². The standard InChI is InChI=1S/C10H14N2O2S/c13-10(14)8(9-11-4-7-15-9)12-5-2-1-3-6-12/h4,7-8H,1-3,5-6H2,(H,13,14). The summed E-state index contributed by atoms with van der Waals surface area (Å²) in [4.78, 5) is 17.3. The maximum atomic E-state index is 11.2. The molecule has 1 atom stereocenters. The number of aliphatic carboxylic acids is 1. The van der Waals surface area contributed by atoms with Crippen molar-refractivity contribution in [3.05, 3.63) is 16.6 Å². The first-order valence-electron chi connectivity index (χ1n) is 5.15. The summed E-state index contributed by atoms with van der Waals surface area (Å²) in [7, 11) is 0. The van der Waals surface area contributed by atoms with Crippen molar-refractivity contribution >= 4 is 17.3 Å². The molecule has 4 nitrogen and oxygen atoms in total. The Morgan fingerprint density at radius 1 is 1.47 bits per heavy atom. The van der Waals surface area contributed by atoms with Crippen LogP contribution in [-0.4, -0.2) is 34.0 Å². The molecule has 15 heavy (non-hydrogen) atoms. The van der Waals surface area contributed by atoms with Gasteiger partial charge in [0.25, 0.3) is 0 Å². The highest BCUT2D eigenvalue weighted by Gasteiger charge is 2.30. The van der Waals surface area contributed by atoms with Crippen LogP contribution in [0.25, 0.3) is 0 Å². The van der Waals surface area contributed by atoms with Crippen molar-refractivity contribution in [2.24, 2.45) is 0 Å². The van der Waals surface area contributed by atoms with Crippen LogP contribution in [0.4, 0.5) is 0 Å². The molecule has 2 heterocycles. The molecule has 1 fully saturated rings. The number of carboxylic acids is 1. The lowest BCUT2D eigenvalue weighted by Gasteiger charge is -2.30. The van der Waals surface area contributed by atoms with Gasteiger partial charge in [-0.15, -0.1) is 11.3 Å². The first kappa shape index (κ1) is 10.6. The Morgan fingerprint density at radius 2 is 2.20 bits per heavy atom. The number of rotatable bonds is 3. The van der Waals surface area contributed by atoms with E-state index in [9.17, 15) is 9.90 Å². The average molecular weight is 226 g/mol. The minimum Gasteiger partial charge on any atom is -0.480 e. The lowest BCUT2D eigenvalue weighted by molar-refractivity contribution is -0.144. The van der Waals surface area contributed by atoms with Gasteiger partial charge in [0.15, 0.2) is 6.04 Å². The molecule has 0 aliphatic carbocycles. The van der Waals surface area contributed by atoms with Crippen molar-refractivity contribution in [3.8, 4) is 0 Å². The van der Waals surface area contributed by atoms with E-state index >= 15 is 0 Å². The quantitative estimate of drug-likeness (QED) is 0.853. The molecule has 82 valence electrons. The van der Waals surface area contributed by atoms with Crippen molar-refractivity contribution < 1.29 is 9.90 Å². The number of thiazole rings is 1. The topological polar surface area (TPSA) is 53.4 Å². The van der Waals surface area contributed by atoms with E-state index < -0.39 is 12.0 Å². The predicted molar refractivity (Wildman–Crippen MR) is 57.9 cm³/mol. The van der Waals surface area contributed by atoms with Gasteiger partial charge in [-0.3, -0.25) is 9.69 Å². The molecule has 0 bridgehead atoms. The molecule has 2 rings (SSSR count). The molecular formula is C10H14N2O2S. The first-order chi connectivity index (χ1) is 7.29. The van der Waals surface area contributed by atoms with Crippen molar-refractivity contribution in [3.63, 3.8) is 0 Å². The van der Waals surface area contributed by atoms with E-state index in [1.165, 1.54) is 17.8 Å². The molecule has 1 saturated heterocycles. The lowest BCUT2D eigenvalue weighted by Crippen LogP contribution is -2.37. The third-order valence-corrected chi connectivity index (χ3v) is 3.50. The number of hydrogen-bond acceptors (Lipinski definition) is 4. The fraction of sp³-hybridized carbons (Fsp3) is 0.600. The fourth-order valence-corrected chi connectivity index (χ4v) is 2.73. The molecule has 0 aromatic carbocycles. The number of likely N-dealkylation sites (tertiary alicyclic amines) is 1. The smallest absolute Gasteiger partial charge is 0.328 e. The third-order valence-electron chi connectivity index (χ3n) is 2.68. The molecule has 1 aliphatic rings. The number of piperidine rings is 1. The number of carbonyl (C=O) groups is 1. The van der Waals surface area contributed by atoms with Gasteiger partial charge in [0.2, 0.25) is 0 Å². The summed E-state index contributed by atoms with van der Waals surface area (Å²) < 4.78 is 0. The van der Waals surface area contributed by atoms with Crippen LogP contribution < -0.4 is 0 Å². The van der Waals surface area contributed by atoms with Gasteiger partial charge in [-0.2, -0.15) is 0 Å². The third kappa shape index (κ3) is 2.35. The Kier molecular flexibility index (Phi) is 3.33. The highest BCUT2D eigenvalue weighted by molar-refractivity contribution is 7.09. The fourth-order valence-electron chi connectivity index (χ4n) is 1.96. The van der Waals surface area contributed by atoms with Crippen molar-refractivity contribution in [1.82, 2.24) is 9.88 Å². The number of nitrogens with zero attached hydrogens (tertiary/aromatic N) is 2. The Balaban J connectivity index is 2.15. The van der Waals surface area contributed by atoms with Crippen LogP contribution in [0.2, 0.25) is 0 Å². The summed E-state index contributed by atoms with van der Waals surface area (Å²) in [5.41, 5.74) is 0. The SMILES string of the molecule is O=C(O)C(c1nccs1)N1CCCCC1. The van der Waals surface area contributed by atoms with Crippen molar-refractivity contribution in [2.75, 3.05) is 13.1 Å². The summed E-state index contributed by atoms with van der Waals surface area (Å²) in [6, 6.07) is -0.537. The molecule has 0 spiro atoms. The Hall–Kier alpha value is -0.940. The van der Waals surface area contributed by atoms with Gasteiger partial charge in [0, 0.05) is 11.6 Å². The zero-order chi connectivity index (χ0) is 10.7. The normalized spacial score (nSPS) is 20.0. The van der Waals surface area contributed by atoms with Gasteiger partial charge in [-0.25, -0.2) is 4.98 Å². The van der Waals surface area contributed by atoms with E-state index in [1.807, 2.05) is 10.3 Å². The molecule has 0 radical (unpaired) electrons. The minimum absolute atomic E-state index is 0.537. The Morgan fingerprint density at radius 3 is 2.73 bits per heavy atom. The highest BCUT2D eigenvalue weighted by atomic mass is 32.1. The van der Waals surface area contributed by atoms with Crippen LogP contribution in [-0.2, 0) is 4.79 Å². The van der Waals surface area contributed by atoms with Gasteiger partial charge >= 0.3 is 5.97 Å². The molecule has 1 aromatic heterocycles. The summed E-state index contributed by atoms with van der Waals surface area (Å²) in [6.45, 7) is 1.74. The van der Waals surface area contributed by atoms with Gasteiger partial charge in [-0.1, -0.05) is 6.42 Å². The molecular weight excluding hydrogens is 212 g/mol. The highest BCUT2D eigenvalue weighted by Crippen LogP contribution is 2.26. The second-order valence-corrected chi connectivity index (χ2v) is 4.63. The van der Waals surface area contributed by atoms with E-state index in [-0.39, 0.29) is 0 Å². The second-order valence-electron chi connectivity index (χ2n) is 3.71. The molecule has 1 aliphatic heterocycles. The van der Waals surface area contributed by atoms with Gasteiger partial charge in [0.05, 0.1) is 0 Å². The second kappa shape index (κ2) is 4.72. The van der Waals surface area contributed by atoms with Crippen LogP contribution in [0, 0.1) is 0 Å². The van der Waals surface area contributed by atoms with Gasteiger partial charge in [-0.05, 0) is 25.9 Å². The van der Waals surface area contributed by atoms with Crippen molar-refractivity contribution in [1.29, 1.82) is 0 Å². The van der Waals surface area contributed by atoms with Crippen LogP contribution in [0.15, 0.2) is 11.6 Å². The van der Waals surface area contributed by atoms with Crippen LogP contribution in [0.1, 0.15) is 30.3 Å². The van der Waals surface area contributed by atoms with E-state index in [4.69, 9.17) is 0 Å². The van der Waals surface area contributed by atoms with Crippen LogP contribution in [0.5, 0.6) is 0 Å². The van der Waals surface area contributed by atoms with Crippen molar-refractivity contribution in [2.45, 2.75) is 25.3 Å². The number of aromatic nitrogens is 1. The average Bonchev–Trinajstić information content (AvgIpc) is 2.72. The molecule has 1 unspecified atom stereocenters. The van der Waals surface area contributed by atoms with Gasteiger partial charge in [0.1, 0.15) is 5.01 Å². The van der Waals surface area contributed by atoms with E-state index in [2.05, 4.69) is 4.98 Å². The maximum absolute atomic E-state index is 11.2. The van der Waals surface area contributed by atoms with Crippen LogP contribution in [0.3, 0.4) is 0 Å². The Bertz CT molecular complexity index is 320. The zero-order valence-corrected chi connectivity index (χ0v) is 9.24. The monoisotopic (exact) mass is 226 g/mol. The van der Waals surface area contributed by atoms with E-state index in [0.29, 0.717) is 5.01 Å². The van der Waals surface area contributed by atoms with E-state index in [0.717, 1.165) is 25.9 Å². The summed E-state index contributed by atoms with van der Waals surface area (Å²) in [5.74, 6) is -0.785. The lowest BCUT2D eigenvalue weighted by atomic mass is 10.1.